The number of carbonyl (C=O) groups excluding carboxylic acids is 1. The molecule has 2 amide bonds. The van der Waals surface area contributed by atoms with E-state index in [1.54, 1.807) is 11.9 Å². The van der Waals surface area contributed by atoms with Crippen LogP contribution in [0, 0.1) is 0 Å². The molecule has 0 spiro atoms. The van der Waals surface area contributed by atoms with Crippen LogP contribution in [-0.4, -0.2) is 82.4 Å². The first-order valence-electron chi connectivity index (χ1n) is 14.5. The summed E-state index contributed by atoms with van der Waals surface area (Å²) < 4.78 is 1.83. The zero-order valence-corrected chi connectivity index (χ0v) is 24.3. The Kier molecular flexibility index (Phi) is 6.66. The van der Waals surface area contributed by atoms with E-state index in [4.69, 9.17) is 4.98 Å². The first-order valence-corrected chi connectivity index (χ1v) is 14.5. The van der Waals surface area contributed by atoms with Gasteiger partial charge in [0.2, 0.25) is 5.95 Å². The second-order valence-corrected chi connectivity index (χ2v) is 11.4. The Morgan fingerprint density at radius 2 is 1.83 bits per heavy atom. The Labute approximate surface area is 245 Å². The topological polar surface area (TPSA) is 97.7 Å². The van der Waals surface area contributed by atoms with Gasteiger partial charge in [0.15, 0.2) is 0 Å². The number of nitrogens with zero attached hydrogens (tertiary/aromatic N) is 8. The van der Waals surface area contributed by atoms with Gasteiger partial charge >= 0.3 is 6.03 Å². The third-order valence-electron chi connectivity index (χ3n) is 8.57. The number of carbonyl (C=O) groups is 1. The molecule has 7 rings (SSSR count). The number of hydrogen-bond acceptors (Lipinski definition) is 8. The van der Waals surface area contributed by atoms with E-state index in [0.717, 1.165) is 72.8 Å². The molecule has 42 heavy (non-hydrogen) atoms. The Balaban J connectivity index is 1.16. The number of benzene rings is 2. The molecule has 11 nitrogen and oxygen atoms in total. The van der Waals surface area contributed by atoms with E-state index in [1.165, 1.54) is 5.69 Å². The van der Waals surface area contributed by atoms with Crippen molar-refractivity contribution in [3.63, 3.8) is 0 Å². The van der Waals surface area contributed by atoms with Gasteiger partial charge in [0.1, 0.15) is 5.82 Å². The van der Waals surface area contributed by atoms with Crippen LogP contribution in [0.3, 0.4) is 0 Å². The zero-order chi connectivity index (χ0) is 28.8. The molecule has 0 aliphatic carbocycles. The van der Waals surface area contributed by atoms with Crippen LogP contribution in [0.1, 0.15) is 23.6 Å². The van der Waals surface area contributed by atoms with Crippen molar-refractivity contribution in [2.45, 2.75) is 19.0 Å². The Bertz CT molecular complexity index is 1630. The smallest absolute Gasteiger partial charge is 0.326 e. The summed E-state index contributed by atoms with van der Waals surface area (Å²) >= 11 is 0. The highest BCUT2D eigenvalue weighted by Crippen LogP contribution is 2.39. The number of piperazine rings is 1. The summed E-state index contributed by atoms with van der Waals surface area (Å²) in [6.07, 6.45) is 6.65. The Morgan fingerprint density at radius 3 is 2.64 bits per heavy atom. The van der Waals surface area contributed by atoms with E-state index in [-0.39, 0.29) is 12.1 Å². The second kappa shape index (κ2) is 10.6. The number of para-hydroxylation sites is 1. The van der Waals surface area contributed by atoms with Gasteiger partial charge in [0.25, 0.3) is 0 Å². The molecule has 1 fully saturated rings. The van der Waals surface area contributed by atoms with Gasteiger partial charge < -0.3 is 25.3 Å². The third-order valence-corrected chi connectivity index (χ3v) is 8.57. The normalized spacial score (nSPS) is 18.9. The molecule has 11 heteroatoms. The lowest BCUT2D eigenvalue weighted by atomic mass is 9.95. The summed E-state index contributed by atoms with van der Waals surface area (Å²) in [5.74, 6) is 1.09. The van der Waals surface area contributed by atoms with Crippen LogP contribution in [0.5, 0.6) is 0 Å². The number of rotatable bonds is 5. The molecular weight excluding hydrogens is 528 g/mol. The van der Waals surface area contributed by atoms with Crippen molar-refractivity contribution in [3.05, 3.63) is 72.2 Å². The quantitative estimate of drug-likeness (QED) is 0.370. The third kappa shape index (κ3) is 4.79. The lowest BCUT2D eigenvalue weighted by molar-refractivity contribution is 0.170. The van der Waals surface area contributed by atoms with Crippen LogP contribution in [0.2, 0.25) is 0 Å². The average Bonchev–Trinajstić information content (AvgIpc) is 3.45. The van der Waals surface area contributed by atoms with Crippen molar-refractivity contribution in [2.75, 3.05) is 67.3 Å². The first-order chi connectivity index (χ1) is 20.4. The van der Waals surface area contributed by atoms with Crippen LogP contribution in [-0.2, 0) is 13.6 Å². The molecule has 2 aromatic carbocycles. The van der Waals surface area contributed by atoms with E-state index in [9.17, 15) is 4.79 Å². The molecule has 2 aromatic heterocycles. The molecule has 4 aromatic rings. The number of urea groups is 1. The van der Waals surface area contributed by atoms with Gasteiger partial charge in [-0.1, -0.05) is 18.2 Å². The summed E-state index contributed by atoms with van der Waals surface area (Å²) in [6, 6.07) is 14.6. The number of fused-ring (bicyclic) bond motifs is 2. The monoisotopic (exact) mass is 564 g/mol. The molecule has 1 atom stereocenters. The number of aromatic nitrogens is 4. The minimum Gasteiger partial charge on any atom is -0.385 e. The van der Waals surface area contributed by atoms with Crippen LogP contribution in [0.25, 0.3) is 11.1 Å². The van der Waals surface area contributed by atoms with E-state index < -0.39 is 0 Å². The molecule has 0 bridgehead atoms. The largest absolute Gasteiger partial charge is 0.385 e. The van der Waals surface area contributed by atoms with Gasteiger partial charge in [0.05, 0.1) is 18.8 Å². The molecule has 1 saturated heterocycles. The van der Waals surface area contributed by atoms with E-state index in [0.29, 0.717) is 18.3 Å². The van der Waals surface area contributed by atoms with Crippen molar-refractivity contribution in [2.24, 2.45) is 7.05 Å². The summed E-state index contributed by atoms with van der Waals surface area (Å²) in [7, 11) is 5.90. The SMILES string of the molecule is CN1CCN(c2ccc(Nc3ncc4c(n3)N(C)C(=O)N(C3CCNc5ccccc53)C4)cc2-c2cnn(C)c2)CC1. The zero-order valence-electron chi connectivity index (χ0n) is 24.3. The lowest BCUT2D eigenvalue weighted by Crippen LogP contribution is -2.48. The van der Waals surface area contributed by atoms with Crippen molar-refractivity contribution < 1.29 is 4.79 Å². The summed E-state index contributed by atoms with van der Waals surface area (Å²) in [5.41, 5.74) is 7.42. The van der Waals surface area contributed by atoms with Crippen molar-refractivity contribution in [1.82, 2.24) is 29.5 Å². The van der Waals surface area contributed by atoms with Gasteiger partial charge in [0, 0.05) is 93.0 Å². The van der Waals surface area contributed by atoms with Crippen molar-refractivity contribution in [1.29, 1.82) is 0 Å². The number of anilines is 5. The van der Waals surface area contributed by atoms with E-state index >= 15 is 0 Å². The standard InChI is InChI=1S/C31H36N10O/c1-37-12-14-40(15-13-37)27-9-8-23(16-25(27)21-18-34-38(2)19-21)35-30-33-17-22-20-41(31(42)39(3)29(22)36-30)28-10-11-32-26-7-5-4-6-24(26)28/h4-9,16-19,28,32H,10-15,20H2,1-3H3,(H,33,35,36). The number of amides is 2. The predicted molar refractivity (Wildman–Crippen MR) is 165 cm³/mol. The molecule has 3 aliphatic heterocycles. The number of hydrogen-bond donors (Lipinski definition) is 2. The van der Waals surface area contributed by atoms with E-state index in [2.05, 4.69) is 67.9 Å². The second-order valence-electron chi connectivity index (χ2n) is 11.4. The summed E-state index contributed by atoms with van der Waals surface area (Å²) in [5, 5.41) is 11.3. The molecule has 1 unspecified atom stereocenters. The summed E-state index contributed by atoms with van der Waals surface area (Å²) in [4.78, 5) is 31.5. The van der Waals surface area contributed by atoms with Crippen LogP contribution in [0.15, 0.2) is 61.1 Å². The maximum atomic E-state index is 13.6. The predicted octanol–water partition coefficient (Wildman–Crippen LogP) is 4.30. The number of aryl methyl sites for hydroxylation is 1. The minimum atomic E-state index is -0.0516. The van der Waals surface area contributed by atoms with Gasteiger partial charge in [-0.25, -0.2) is 9.78 Å². The molecule has 3 aliphatic rings. The highest BCUT2D eigenvalue weighted by Gasteiger charge is 2.36. The molecule has 0 radical (unpaired) electrons. The number of likely N-dealkylation sites (N-methyl/N-ethyl adjacent to an activating group) is 1. The number of nitrogens with one attached hydrogen (secondary N) is 2. The van der Waals surface area contributed by atoms with Gasteiger partial charge in [-0.3, -0.25) is 9.58 Å². The molecule has 2 N–H and O–H groups in total. The highest BCUT2D eigenvalue weighted by atomic mass is 16.2. The minimum absolute atomic E-state index is 0.00747. The van der Waals surface area contributed by atoms with Gasteiger partial charge in [-0.05, 0) is 43.3 Å². The van der Waals surface area contributed by atoms with Crippen LogP contribution < -0.4 is 20.4 Å². The van der Waals surface area contributed by atoms with Crippen LogP contribution in [0.4, 0.5) is 33.6 Å². The first kappa shape index (κ1) is 26.3. The van der Waals surface area contributed by atoms with Gasteiger partial charge in [-0.2, -0.15) is 10.1 Å². The molecule has 216 valence electrons. The van der Waals surface area contributed by atoms with Crippen LogP contribution >= 0.6 is 0 Å². The molecular formula is C31H36N10O. The Morgan fingerprint density at radius 1 is 1.00 bits per heavy atom. The fourth-order valence-electron chi connectivity index (χ4n) is 6.27. The van der Waals surface area contributed by atoms with Gasteiger partial charge in [-0.15, -0.1) is 0 Å². The highest BCUT2D eigenvalue weighted by molar-refractivity contribution is 5.94. The summed E-state index contributed by atoms with van der Waals surface area (Å²) in [6.45, 7) is 5.32. The Hall–Kier alpha value is -4.64. The van der Waals surface area contributed by atoms with Crippen molar-refractivity contribution >= 4 is 34.9 Å². The maximum absolute atomic E-state index is 13.6. The average molecular weight is 565 g/mol. The fraction of sp³-hybridized carbons (Fsp3) is 0.355. The maximum Gasteiger partial charge on any atom is 0.326 e. The van der Waals surface area contributed by atoms with Crippen molar-refractivity contribution in [3.8, 4) is 11.1 Å². The lowest BCUT2D eigenvalue weighted by Gasteiger charge is -2.41. The molecule has 0 saturated carbocycles. The van der Waals surface area contributed by atoms with E-state index in [1.807, 2.05) is 47.4 Å². The molecule has 5 heterocycles. The fourth-order valence-corrected chi connectivity index (χ4v) is 6.27.